The zero-order valence-corrected chi connectivity index (χ0v) is 11.1. The van der Waals surface area contributed by atoms with Crippen LogP contribution < -0.4 is 0 Å². The Morgan fingerprint density at radius 3 is 2.28 bits per heavy atom. The number of aromatic nitrogens is 1. The third-order valence-corrected chi connectivity index (χ3v) is 3.10. The van der Waals surface area contributed by atoms with E-state index in [1.165, 1.54) is 17.3 Å². The summed E-state index contributed by atoms with van der Waals surface area (Å²) in [4.78, 5) is 3.88. The lowest BCUT2D eigenvalue weighted by molar-refractivity contribution is 0.466. The molecule has 0 aliphatic heterocycles. The van der Waals surface area contributed by atoms with Crippen molar-refractivity contribution in [2.45, 2.75) is 32.6 Å². The molecule has 0 aliphatic rings. The fourth-order valence-corrected chi connectivity index (χ4v) is 1.91. The third kappa shape index (κ3) is 2.89. The van der Waals surface area contributed by atoms with Gasteiger partial charge in [-0.25, -0.2) is 0 Å². The fourth-order valence-electron chi connectivity index (χ4n) is 1.91. The van der Waals surface area contributed by atoms with Gasteiger partial charge in [0.05, 0.1) is 6.20 Å². The summed E-state index contributed by atoms with van der Waals surface area (Å²) in [6.07, 6.45) is 3.93. The largest absolute Gasteiger partial charge is 0.506 e. The molecule has 2 nitrogen and oxygen atoms in total. The van der Waals surface area contributed by atoms with Gasteiger partial charge in [-0.15, -0.1) is 0 Å². The molecule has 2 heteroatoms. The topological polar surface area (TPSA) is 33.1 Å². The molecule has 0 saturated heterocycles. The Morgan fingerprint density at radius 1 is 1.06 bits per heavy atom. The highest BCUT2D eigenvalue weighted by Crippen LogP contribution is 2.24. The lowest BCUT2D eigenvalue weighted by Crippen LogP contribution is -2.10. The van der Waals surface area contributed by atoms with Gasteiger partial charge >= 0.3 is 0 Å². The summed E-state index contributed by atoms with van der Waals surface area (Å²) in [5, 5.41) is 9.69. The monoisotopic (exact) mass is 241 g/mol. The Bertz CT molecular complexity index is 524. The second kappa shape index (κ2) is 4.81. The first-order chi connectivity index (χ1) is 8.47. The molecule has 1 aromatic heterocycles. The van der Waals surface area contributed by atoms with Crippen LogP contribution in [0.3, 0.4) is 0 Å². The molecule has 0 radical (unpaired) electrons. The molecular weight excluding hydrogens is 222 g/mol. The molecule has 0 atom stereocenters. The van der Waals surface area contributed by atoms with E-state index >= 15 is 0 Å². The molecule has 2 rings (SSSR count). The van der Waals surface area contributed by atoms with Crippen LogP contribution in [0, 0.1) is 0 Å². The van der Waals surface area contributed by atoms with Gasteiger partial charge < -0.3 is 5.11 Å². The highest BCUT2D eigenvalue weighted by atomic mass is 16.3. The first kappa shape index (κ1) is 12.6. The molecule has 0 unspecified atom stereocenters. The Kier molecular flexibility index (Phi) is 3.37. The normalized spacial score (nSPS) is 11.5. The predicted octanol–water partition coefficient (Wildman–Crippen LogP) is 3.68. The second-order valence-electron chi connectivity index (χ2n) is 5.63. The molecule has 2 aromatic rings. The number of aromatic hydroxyl groups is 1. The molecule has 1 N–H and O–H groups in total. The van der Waals surface area contributed by atoms with Crippen molar-refractivity contribution in [3.05, 3.63) is 59.4 Å². The van der Waals surface area contributed by atoms with Crippen LogP contribution in [0.25, 0.3) is 0 Å². The van der Waals surface area contributed by atoms with E-state index < -0.39 is 0 Å². The quantitative estimate of drug-likeness (QED) is 0.870. The molecule has 0 saturated carbocycles. The van der Waals surface area contributed by atoms with E-state index in [2.05, 4.69) is 50.0 Å². The number of hydrogen-bond donors (Lipinski definition) is 1. The first-order valence-corrected chi connectivity index (χ1v) is 6.18. The SMILES string of the molecule is CC(C)(C)c1ccc(Cc2ccncc2O)cc1. The van der Waals surface area contributed by atoms with Crippen molar-refractivity contribution >= 4 is 0 Å². The van der Waals surface area contributed by atoms with Crippen molar-refractivity contribution in [1.82, 2.24) is 4.98 Å². The molecule has 0 fully saturated rings. The van der Waals surface area contributed by atoms with Crippen molar-refractivity contribution in [1.29, 1.82) is 0 Å². The molecule has 94 valence electrons. The van der Waals surface area contributed by atoms with Crippen LogP contribution in [0.15, 0.2) is 42.7 Å². The molecule has 1 heterocycles. The van der Waals surface area contributed by atoms with E-state index in [0.29, 0.717) is 0 Å². The molecular formula is C16H19NO. The van der Waals surface area contributed by atoms with Crippen molar-refractivity contribution < 1.29 is 5.11 Å². The van der Waals surface area contributed by atoms with Crippen molar-refractivity contribution in [2.24, 2.45) is 0 Å². The summed E-state index contributed by atoms with van der Waals surface area (Å²) in [6.45, 7) is 6.62. The van der Waals surface area contributed by atoms with Crippen LogP contribution in [0.2, 0.25) is 0 Å². The molecule has 0 aliphatic carbocycles. The van der Waals surface area contributed by atoms with Gasteiger partial charge in [0.1, 0.15) is 5.75 Å². The first-order valence-electron chi connectivity index (χ1n) is 6.18. The number of hydrogen-bond acceptors (Lipinski definition) is 2. The summed E-state index contributed by atoms with van der Waals surface area (Å²) in [6, 6.07) is 10.4. The number of pyridine rings is 1. The highest BCUT2D eigenvalue weighted by molar-refractivity contribution is 5.35. The van der Waals surface area contributed by atoms with Gasteiger partial charge in [-0.3, -0.25) is 4.98 Å². The van der Waals surface area contributed by atoms with Gasteiger partial charge in [-0.1, -0.05) is 45.0 Å². The maximum Gasteiger partial charge on any atom is 0.137 e. The minimum atomic E-state index is 0.178. The summed E-state index contributed by atoms with van der Waals surface area (Å²) in [5.41, 5.74) is 3.61. The maximum atomic E-state index is 9.69. The van der Waals surface area contributed by atoms with Crippen molar-refractivity contribution in [2.75, 3.05) is 0 Å². The molecule has 1 aromatic carbocycles. The van der Waals surface area contributed by atoms with Gasteiger partial charge in [0.15, 0.2) is 0 Å². The van der Waals surface area contributed by atoms with Crippen LogP contribution in [-0.2, 0) is 11.8 Å². The number of nitrogens with zero attached hydrogens (tertiary/aromatic N) is 1. The van der Waals surface area contributed by atoms with Crippen LogP contribution in [0.5, 0.6) is 5.75 Å². The average Bonchev–Trinajstić information content (AvgIpc) is 2.32. The number of benzene rings is 1. The minimum absolute atomic E-state index is 0.178. The average molecular weight is 241 g/mol. The third-order valence-electron chi connectivity index (χ3n) is 3.10. The number of rotatable bonds is 2. The van der Waals surface area contributed by atoms with E-state index in [1.807, 2.05) is 6.07 Å². The molecule has 0 bridgehead atoms. The lowest BCUT2D eigenvalue weighted by Gasteiger charge is -2.19. The predicted molar refractivity (Wildman–Crippen MR) is 73.8 cm³/mol. The Balaban J connectivity index is 2.19. The van der Waals surface area contributed by atoms with Crippen LogP contribution in [0.1, 0.15) is 37.5 Å². The molecule has 0 spiro atoms. The van der Waals surface area contributed by atoms with Gasteiger partial charge in [-0.2, -0.15) is 0 Å². The van der Waals surface area contributed by atoms with Crippen LogP contribution >= 0.6 is 0 Å². The Hall–Kier alpha value is -1.83. The minimum Gasteiger partial charge on any atom is -0.506 e. The second-order valence-corrected chi connectivity index (χ2v) is 5.63. The van der Waals surface area contributed by atoms with Crippen molar-refractivity contribution in [3.63, 3.8) is 0 Å². The van der Waals surface area contributed by atoms with E-state index in [-0.39, 0.29) is 11.2 Å². The lowest BCUT2D eigenvalue weighted by atomic mass is 9.86. The molecule has 0 amide bonds. The standard InChI is InChI=1S/C16H19NO/c1-16(2,3)14-6-4-12(5-7-14)10-13-8-9-17-11-15(13)18/h4-9,11,18H,10H2,1-3H3. The van der Waals surface area contributed by atoms with Crippen LogP contribution in [-0.4, -0.2) is 10.1 Å². The van der Waals surface area contributed by atoms with Crippen molar-refractivity contribution in [3.8, 4) is 5.75 Å². The zero-order valence-electron chi connectivity index (χ0n) is 11.1. The van der Waals surface area contributed by atoms with E-state index in [9.17, 15) is 5.11 Å². The Morgan fingerprint density at radius 2 is 1.72 bits per heavy atom. The van der Waals surface area contributed by atoms with Crippen LogP contribution in [0.4, 0.5) is 0 Å². The van der Waals surface area contributed by atoms with E-state index in [1.54, 1.807) is 6.20 Å². The zero-order chi connectivity index (χ0) is 13.2. The Labute approximate surface area is 108 Å². The van der Waals surface area contributed by atoms with Gasteiger partial charge in [0.2, 0.25) is 0 Å². The molecule has 18 heavy (non-hydrogen) atoms. The van der Waals surface area contributed by atoms with Gasteiger partial charge in [-0.05, 0) is 22.6 Å². The summed E-state index contributed by atoms with van der Waals surface area (Å²) in [5.74, 6) is 0.261. The van der Waals surface area contributed by atoms with E-state index in [0.717, 1.165) is 12.0 Å². The summed E-state index contributed by atoms with van der Waals surface area (Å²) in [7, 11) is 0. The van der Waals surface area contributed by atoms with E-state index in [4.69, 9.17) is 0 Å². The smallest absolute Gasteiger partial charge is 0.137 e. The van der Waals surface area contributed by atoms with Gasteiger partial charge in [0, 0.05) is 18.2 Å². The maximum absolute atomic E-state index is 9.69. The van der Waals surface area contributed by atoms with Gasteiger partial charge in [0.25, 0.3) is 0 Å². The summed E-state index contributed by atoms with van der Waals surface area (Å²) < 4.78 is 0. The highest BCUT2D eigenvalue weighted by Gasteiger charge is 2.13. The summed E-state index contributed by atoms with van der Waals surface area (Å²) >= 11 is 0. The fraction of sp³-hybridized carbons (Fsp3) is 0.312.